The average Bonchev–Trinajstić information content (AvgIpc) is 2.55. The average molecular weight is 391 g/mol. The van der Waals surface area contributed by atoms with Crippen LogP contribution in [0, 0.1) is 6.92 Å². The van der Waals surface area contributed by atoms with Gasteiger partial charge in [0.15, 0.2) is 5.11 Å². The van der Waals surface area contributed by atoms with Gasteiger partial charge in [-0.15, -0.1) is 0 Å². The maximum absolute atomic E-state index is 12.9. The molecule has 0 spiro atoms. The van der Waals surface area contributed by atoms with Gasteiger partial charge in [-0.3, -0.25) is 19.8 Å². The molecular formula is C18H12Cl2N2O2S. The molecule has 7 heteroatoms. The largest absolute Gasteiger partial charge is 0.298 e. The van der Waals surface area contributed by atoms with E-state index in [-0.39, 0.29) is 10.7 Å². The Balaban J connectivity index is 2.03. The second-order valence-corrected chi connectivity index (χ2v) is 6.69. The lowest BCUT2D eigenvalue weighted by molar-refractivity contribution is -0.122. The summed E-state index contributed by atoms with van der Waals surface area (Å²) < 4.78 is 0. The molecule has 0 saturated carbocycles. The van der Waals surface area contributed by atoms with Gasteiger partial charge in [0.2, 0.25) is 0 Å². The van der Waals surface area contributed by atoms with E-state index in [2.05, 4.69) is 5.32 Å². The molecule has 126 valence electrons. The predicted octanol–water partition coefficient (Wildman–Crippen LogP) is 4.13. The lowest BCUT2D eigenvalue weighted by atomic mass is 10.1. The molecule has 0 aromatic heterocycles. The van der Waals surface area contributed by atoms with E-state index in [1.54, 1.807) is 30.3 Å². The van der Waals surface area contributed by atoms with Gasteiger partial charge in [-0.25, -0.2) is 0 Å². The fraction of sp³-hybridized carbons (Fsp3) is 0.0556. The van der Waals surface area contributed by atoms with Crippen molar-refractivity contribution in [3.05, 3.63) is 69.2 Å². The van der Waals surface area contributed by atoms with Crippen molar-refractivity contribution >= 4 is 64.1 Å². The van der Waals surface area contributed by atoms with Gasteiger partial charge >= 0.3 is 0 Å². The third-order valence-electron chi connectivity index (χ3n) is 3.66. The van der Waals surface area contributed by atoms with Gasteiger partial charge in [0.25, 0.3) is 11.8 Å². The number of hydrogen-bond acceptors (Lipinski definition) is 3. The topological polar surface area (TPSA) is 49.4 Å². The number of anilines is 1. The number of aryl methyl sites for hydroxylation is 1. The summed E-state index contributed by atoms with van der Waals surface area (Å²) in [5, 5.41) is 3.38. The Morgan fingerprint density at radius 1 is 1.08 bits per heavy atom. The van der Waals surface area contributed by atoms with Crippen LogP contribution in [0.15, 0.2) is 48.0 Å². The molecule has 1 aliphatic rings. The molecule has 1 saturated heterocycles. The monoisotopic (exact) mass is 390 g/mol. The molecule has 4 nitrogen and oxygen atoms in total. The Hall–Kier alpha value is -2.21. The second-order valence-electron chi connectivity index (χ2n) is 5.46. The van der Waals surface area contributed by atoms with Gasteiger partial charge in [0.1, 0.15) is 5.57 Å². The van der Waals surface area contributed by atoms with Crippen molar-refractivity contribution in [2.24, 2.45) is 0 Å². The minimum absolute atomic E-state index is 0.0400. The normalized spacial score (nSPS) is 16.4. The number of amides is 2. The summed E-state index contributed by atoms with van der Waals surface area (Å²) in [6.45, 7) is 1.94. The second kappa shape index (κ2) is 6.96. The van der Waals surface area contributed by atoms with Crippen LogP contribution >= 0.6 is 35.4 Å². The van der Waals surface area contributed by atoms with Crippen LogP contribution in [0.1, 0.15) is 11.1 Å². The molecule has 1 N–H and O–H groups in total. The minimum atomic E-state index is -0.565. The van der Waals surface area contributed by atoms with Gasteiger partial charge in [0, 0.05) is 10.0 Å². The summed E-state index contributed by atoms with van der Waals surface area (Å²) in [6.07, 6.45) is 1.43. The van der Waals surface area contributed by atoms with Crippen molar-refractivity contribution in [1.29, 1.82) is 0 Å². The van der Waals surface area contributed by atoms with Gasteiger partial charge in [-0.05, 0) is 55.0 Å². The van der Waals surface area contributed by atoms with Crippen LogP contribution in [0.3, 0.4) is 0 Å². The van der Waals surface area contributed by atoms with E-state index in [1.165, 1.54) is 11.0 Å². The van der Waals surface area contributed by atoms with Gasteiger partial charge in [-0.1, -0.05) is 47.0 Å². The first-order valence-electron chi connectivity index (χ1n) is 7.30. The van der Waals surface area contributed by atoms with E-state index in [1.807, 2.05) is 19.1 Å². The zero-order valence-electron chi connectivity index (χ0n) is 13.0. The number of rotatable bonds is 2. The highest BCUT2D eigenvalue weighted by molar-refractivity contribution is 7.80. The molecule has 1 fully saturated rings. The quantitative estimate of drug-likeness (QED) is 0.476. The van der Waals surface area contributed by atoms with Crippen LogP contribution in [0.4, 0.5) is 5.69 Å². The van der Waals surface area contributed by atoms with Crippen molar-refractivity contribution in [3.63, 3.8) is 0 Å². The third-order valence-corrected chi connectivity index (χ3v) is 4.50. The van der Waals surface area contributed by atoms with E-state index in [0.29, 0.717) is 21.3 Å². The summed E-state index contributed by atoms with van der Waals surface area (Å²) in [4.78, 5) is 26.4. The Morgan fingerprint density at radius 3 is 2.40 bits per heavy atom. The molecule has 0 aliphatic carbocycles. The molecule has 1 heterocycles. The summed E-state index contributed by atoms with van der Waals surface area (Å²) in [5.74, 6) is -1.08. The number of nitrogens with zero attached hydrogens (tertiary/aromatic N) is 1. The summed E-state index contributed by atoms with van der Waals surface area (Å²) in [5.41, 5.74) is 2.08. The summed E-state index contributed by atoms with van der Waals surface area (Å²) >= 11 is 17.2. The van der Waals surface area contributed by atoms with E-state index >= 15 is 0 Å². The van der Waals surface area contributed by atoms with Crippen molar-refractivity contribution in [3.8, 4) is 0 Å². The van der Waals surface area contributed by atoms with E-state index < -0.39 is 11.8 Å². The fourth-order valence-corrected chi connectivity index (χ4v) is 3.10. The van der Waals surface area contributed by atoms with E-state index in [9.17, 15) is 9.59 Å². The number of carbonyl (C=O) groups is 2. The first-order chi connectivity index (χ1) is 11.9. The highest BCUT2D eigenvalue weighted by atomic mass is 35.5. The SMILES string of the molecule is Cc1ccc(N2C(=O)C(=Cc3ccc(Cl)cc3Cl)C(=O)NC2=S)cc1. The number of hydrogen-bond donors (Lipinski definition) is 1. The van der Waals surface area contributed by atoms with Gasteiger partial charge < -0.3 is 0 Å². The highest BCUT2D eigenvalue weighted by Gasteiger charge is 2.34. The van der Waals surface area contributed by atoms with Crippen molar-refractivity contribution in [1.82, 2.24) is 5.32 Å². The Morgan fingerprint density at radius 2 is 1.76 bits per heavy atom. The number of carbonyl (C=O) groups excluding carboxylic acids is 2. The van der Waals surface area contributed by atoms with Crippen LogP contribution < -0.4 is 10.2 Å². The summed E-state index contributed by atoms with van der Waals surface area (Å²) in [6, 6.07) is 12.1. The van der Waals surface area contributed by atoms with Crippen molar-refractivity contribution in [2.75, 3.05) is 4.90 Å². The maximum Gasteiger partial charge on any atom is 0.270 e. The lowest BCUT2D eigenvalue weighted by Gasteiger charge is -2.29. The van der Waals surface area contributed by atoms with Crippen LogP contribution in [0.5, 0.6) is 0 Å². The molecule has 0 radical (unpaired) electrons. The Kier molecular flexibility index (Phi) is 4.90. The zero-order chi connectivity index (χ0) is 18.1. The molecule has 3 rings (SSSR count). The van der Waals surface area contributed by atoms with Crippen molar-refractivity contribution < 1.29 is 9.59 Å². The first kappa shape index (κ1) is 17.6. The number of thiocarbonyl (C=S) groups is 1. The van der Waals surface area contributed by atoms with Crippen LogP contribution in [0.2, 0.25) is 10.0 Å². The van der Waals surface area contributed by atoms with Gasteiger partial charge in [0.05, 0.1) is 5.69 Å². The maximum atomic E-state index is 12.9. The summed E-state index contributed by atoms with van der Waals surface area (Å²) in [7, 11) is 0. The molecule has 1 aliphatic heterocycles. The molecule has 0 atom stereocenters. The standard InChI is InChI=1S/C18H12Cl2N2O2S/c1-10-2-6-13(7-3-10)22-17(24)14(16(23)21-18(22)25)8-11-4-5-12(19)9-15(11)20/h2-9H,1H3,(H,21,23,25). The molecule has 0 bridgehead atoms. The number of halogens is 2. The fourth-order valence-electron chi connectivity index (χ4n) is 2.36. The molecule has 2 amide bonds. The molecule has 0 unspecified atom stereocenters. The van der Waals surface area contributed by atoms with Crippen LogP contribution in [-0.2, 0) is 9.59 Å². The highest BCUT2D eigenvalue weighted by Crippen LogP contribution is 2.26. The molecule has 2 aromatic carbocycles. The molecule has 2 aromatic rings. The number of benzene rings is 2. The zero-order valence-corrected chi connectivity index (χ0v) is 15.4. The third kappa shape index (κ3) is 3.58. The molecular weight excluding hydrogens is 379 g/mol. The Bertz CT molecular complexity index is 923. The van der Waals surface area contributed by atoms with Crippen LogP contribution in [0.25, 0.3) is 6.08 Å². The minimum Gasteiger partial charge on any atom is -0.298 e. The van der Waals surface area contributed by atoms with Gasteiger partial charge in [-0.2, -0.15) is 0 Å². The smallest absolute Gasteiger partial charge is 0.270 e. The molecule has 25 heavy (non-hydrogen) atoms. The number of nitrogens with one attached hydrogen (secondary N) is 1. The lowest BCUT2D eigenvalue weighted by Crippen LogP contribution is -2.54. The first-order valence-corrected chi connectivity index (χ1v) is 8.46. The van der Waals surface area contributed by atoms with E-state index in [0.717, 1.165) is 5.56 Å². The Labute approximate surface area is 160 Å². The van der Waals surface area contributed by atoms with Crippen LogP contribution in [-0.4, -0.2) is 16.9 Å². The van der Waals surface area contributed by atoms with Crippen molar-refractivity contribution in [2.45, 2.75) is 6.92 Å². The predicted molar refractivity (Wildman–Crippen MR) is 104 cm³/mol. The van der Waals surface area contributed by atoms with E-state index in [4.69, 9.17) is 35.4 Å².